The number of aromatic nitrogens is 3. The van der Waals surface area contributed by atoms with Gasteiger partial charge in [0.15, 0.2) is 14.1 Å². The van der Waals surface area contributed by atoms with Crippen LogP contribution in [0.3, 0.4) is 0 Å². The molecule has 202 valence electrons. The maximum absolute atomic E-state index is 11.9. The van der Waals surface area contributed by atoms with E-state index in [0.717, 1.165) is 55.7 Å². The summed E-state index contributed by atoms with van der Waals surface area (Å²) in [6.45, 7) is 14.6. The van der Waals surface area contributed by atoms with Crippen molar-refractivity contribution in [1.82, 2.24) is 14.8 Å². The fraction of sp³-hybridized carbons (Fsp3) is 0.769. The first kappa shape index (κ1) is 27.9. The van der Waals surface area contributed by atoms with E-state index in [9.17, 15) is 8.42 Å². The van der Waals surface area contributed by atoms with E-state index < -0.39 is 18.2 Å². The predicted octanol–water partition coefficient (Wildman–Crippen LogP) is 5.93. The van der Waals surface area contributed by atoms with Gasteiger partial charge in [-0.3, -0.25) is 4.68 Å². The largest absolute Gasteiger partial charge is 0.416 e. The Morgan fingerprint density at radius 1 is 1.22 bits per heavy atom. The zero-order valence-electron chi connectivity index (χ0n) is 22.8. The summed E-state index contributed by atoms with van der Waals surface area (Å²) in [5, 5.41) is 6.74. The summed E-state index contributed by atoms with van der Waals surface area (Å²) in [4.78, 5) is 6.59. The molecule has 0 unspecified atom stereocenters. The maximum atomic E-state index is 11.9. The molecule has 1 saturated carbocycles. The van der Waals surface area contributed by atoms with Gasteiger partial charge in [-0.05, 0) is 43.3 Å². The third kappa shape index (κ3) is 6.27. The summed E-state index contributed by atoms with van der Waals surface area (Å²) >= 11 is 6.35. The maximum Gasteiger partial charge on any atom is 0.192 e. The van der Waals surface area contributed by atoms with E-state index in [2.05, 4.69) is 48.4 Å². The highest BCUT2D eigenvalue weighted by Gasteiger charge is 2.41. The number of sulfone groups is 1. The first-order valence-corrected chi connectivity index (χ1v) is 18.6. The molecule has 36 heavy (non-hydrogen) atoms. The minimum atomic E-state index is -3.01. The van der Waals surface area contributed by atoms with Gasteiger partial charge >= 0.3 is 0 Å². The Morgan fingerprint density at radius 3 is 2.56 bits per heavy atom. The normalized spacial score (nSPS) is 21.4. The molecule has 0 aromatic carbocycles. The zero-order valence-corrected chi connectivity index (χ0v) is 25.4. The average molecular weight is 555 g/mol. The van der Waals surface area contributed by atoms with Gasteiger partial charge in [-0.2, -0.15) is 5.10 Å². The third-order valence-corrected chi connectivity index (χ3v) is 14.4. The molecule has 2 fully saturated rings. The van der Waals surface area contributed by atoms with Gasteiger partial charge in [-0.15, -0.1) is 0 Å². The molecule has 4 rings (SSSR count). The Balaban J connectivity index is 1.64. The average Bonchev–Trinajstić information content (AvgIpc) is 3.35. The van der Waals surface area contributed by atoms with Crippen LogP contribution < -0.4 is 4.90 Å². The lowest BCUT2D eigenvalue weighted by molar-refractivity contribution is 0.0680. The first-order chi connectivity index (χ1) is 16.7. The number of halogens is 1. The highest BCUT2D eigenvalue weighted by atomic mass is 35.5. The third-order valence-electron chi connectivity index (χ3n) is 8.65. The number of anilines is 1. The second-order valence-corrected chi connectivity index (χ2v) is 20.2. The van der Waals surface area contributed by atoms with Crippen LogP contribution in [0.1, 0.15) is 59.3 Å². The first-order valence-electron chi connectivity index (χ1n) is 13.3. The van der Waals surface area contributed by atoms with Crippen molar-refractivity contribution in [2.75, 3.05) is 36.6 Å². The van der Waals surface area contributed by atoms with Crippen LogP contribution in [0.15, 0.2) is 12.3 Å². The molecule has 3 heterocycles. The van der Waals surface area contributed by atoms with Crippen LogP contribution in [0.4, 0.5) is 5.82 Å². The Morgan fingerprint density at radius 2 is 1.92 bits per heavy atom. The minimum absolute atomic E-state index is 0.0452. The molecule has 7 nitrogen and oxygen atoms in total. The van der Waals surface area contributed by atoms with Crippen molar-refractivity contribution in [3.63, 3.8) is 0 Å². The van der Waals surface area contributed by atoms with Gasteiger partial charge < -0.3 is 9.33 Å². The van der Waals surface area contributed by atoms with E-state index >= 15 is 0 Å². The summed E-state index contributed by atoms with van der Waals surface area (Å²) in [7, 11) is -4.88. The molecule has 2 aromatic rings. The van der Waals surface area contributed by atoms with Crippen LogP contribution in [0.25, 0.3) is 10.9 Å². The fourth-order valence-electron chi connectivity index (χ4n) is 5.49. The van der Waals surface area contributed by atoms with Crippen molar-refractivity contribution < 1.29 is 12.8 Å². The van der Waals surface area contributed by atoms with Gasteiger partial charge in [-0.25, -0.2) is 13.4 Å². The number of rotatable bonds is 8. The Hall–Kier alpha value is -1.16. The van der Waals surface area contributed by atoms with E-state index in [-0.39, 0.29) is 22.1 Å². The van der Waals surface area contributed by atoms with E-state index in [1.54, 1.807) is 0 Å². The summed E-state index contributed by atoms with van der Waals surface area (Å²) in [5.74, 6) is 1.24. The minimum Gasteiger partial charge on any atom is -0.416 e. The summed E-state index contributed by atoms with van der Waals surface area (Å²) < 4.78 is 32.7. The summed E-state index contributed by atoms with van der Waals surface area (Å²) in [6, 6.07) is 1.92. The molecule has 1 aliphatic carbocycles. The molecule has 0 amide bonds. The second-order valence-electron chi connectivity index (χ2n) is 12.8. The van der Waals surface area contributed by atoms with Crippen LogP contribution in [0.5, 0.6) is 0 Å². The molecule has 1 atom stereocenters. The van der Waals surface area contributed by atoms with Gasteiger partial charge in [0, 0.05) is 50.2 Å². The molecular formula is C26H43ClN4O3SSi. The highest BCUT2D eigenvalue weighted by Crippen LogP contribution is 2.43. The fourth-order valence-corrected chi connectivity index (χ4v) is 7.87. The SMILES string of the molecule is CC(C)(C)[Si](C)(C)OCC1(Cn2nc(N3CC[C@@H](CS(C)(=O)=O)C3)c3cnc(Cl)cc32)CCCCC1. The van der Waals surface area contributed by atoms with Crippen LogP contribution >= 0.6 is 11.6 Å². The standard InChI is InChI=1S/C26H43ClN4O3SSi/c1-25(2,3)36(5,6)34-19-26(11-8-7-9-12-26)18-31-22-14-23(27)28-15-21(22)24(29-31)30-13-10-20(16-30)17-35(4,32)33/h14-15,20H,7-13,16-19H2,1-6H3/t20-/m1/s1. The molecule has 0 spiro atoms. The number of nitrogens with zero attached hydrogens (tertiary/aromatic N) is 4. The highest BCUT2D eigenvalue weighted by molar-refractivity contribution is 7.90. The molecule has 10 heteroatoms. The summed E-state index contributed by atoms with van der Waals surface area (Å²) in [5.41, 5.74) is 1.04. The van der Waals surface area contributed by atoms with Crippen molar-refractivity contribution in [2.45, 2.75) is 84.0 Å². The van der Waals surface area contributed by atoms with Gasteiger partial charge in [-0.1, -0.05) is 51.6 Å². The molecule has 2 aromatic heterocycles. The van der Waals surface area contributed by atoms with Gasteiger partial charge in [0.2, 0.25) is 0 Å². The van der Waals surface area contributed by atoms with Crippen LogP contribution in [-0.4, -0.2) is 63.2 Å². The molecular weight excluding hydrogens is 512 g/mol. The quantitative estimate of drug-likeness (QED) is 0.297. The van der Waals surface area contributed by atoms with E-state index in [1.807, 2.05) is 12.3 Å². The molecule has 0 bridgehead atoms. The van der Waals surface area contributed by atoms with Crippen molar-refractivity contribution in [3.05, 3.63) is 17.4 Å². The lowest BCUT2D eigenvalue weighted by Gasteiger charge is -2.43. The topological polar surface area (TPSA) is 77.3 Å². The molecule has 1 aliphatic heterocycles. The number of fused-ring (bicyclic) bond motifs is 1. The van der Waals surface area contributed by atoms with Crippen molar-refractivity contribution in [1.29, 1.82) is 0 Å². The van der Waals surface area contributed by atoms with Gasteiger partial charge in [0.05, 0.1) is 16.7 Å². The van der Waals surface area contributed by atoms with E-state index in [0.29, 0.717) is 11.7 Å². The Labute approximate surface area is 223 Å². The molecule has 1 saturated heterocycles. The molecule has 0 N–H and O–H groups in total. The lowest BCUT2D eigenvalue weighted by atomic mass is 9.74. The summed E-state index contributed by atoms with van der Waals surface area (Å²) in [6.07, 6.45) is 9.98. The molecule has 0 radical (unpaired) electrons. The number of hydrogen-bond acceptors (Lipinski definition) is 6. The monoisotopic (exact) mass is 554 g/mol. The van der Waals surface area contributed by atoms with Crippen molar-refractivity contribution >= 4 is 46.5 Å². The smallest absolute Gasteiger partial charge is 0.192 e. The number of pyridine rings is 1. The van der Waals surface area contributed by atoms with Crippen molar-refractivity contribution in [2.24, 2.45) is 11.3 Å². The van der Waals surface area contributed by atoms with E-state index in [1.165, 1.54) is 25.5 Å². The van der Waals surface area contributed by atoms with Crippen LogP contribution in [-0.2, 0) is 20.8 Å². The van der Waals surface area contributed by atoms with E-state index in [4.69, 9.17) is 21.1 Å². The van der Waals surface area contributed by atoms with Crippen LogP contribution in [0.2, 0.25) is 23.3 Å². The zero-order chi connectivity index (χ0) is 26.4. The predicted molar refractivity (Wildman–Crippen MR) is 151 cm³/mol. The lowest BCUT2D eigenvalue weighted by Crippen LogP contribution is -2.45. The Bertz CT molecular complexity index is 1190. The Kier molecular flexibility index (Phi) is 7.89. The van der Waals surface area contributed by atoms with Gasteiger partial charge in [0.1, 0.15) is 15.0 Å². The van der Waals surface area contributed by atoms with Crippen LogP contribution in [0, 0.1) is 11.3 Å². The van der Waals surface area contributed by atoms with Crippen molar-refractivity contribution in [3.8, 4) is 0 Å². The second kappa shape index (κ2) is 10.2. The molecule has 2 aliphatic rings. The number of hydrogen-bond donors (Lipinski definition) is 0. The van der Waals surface area contributed by atoms with Gasteiger partial charge in [0.25, 0.3) is 0 Å².